The molecule has 0 aromatic carbocycles. The number of hydrogen-bond acceptors (Lipinski definition) is 8. The van der Waals surface area contributed by atoms with Crippen LogP contribution in [0.3, 0.4) is 0 Å². The van der Waals surface area contributed by atoms with Gasteiger partial charge in [0.25, 0.3) is 0 Å². The van der Waals surface area contributed by atoms with E-state index >= 15 is 0 Å². The fourth-order valence-electron chi connectivity index (χ4n) is 0.857. The molecule has 134 valence electrons. The number of hydrogen-bond donors (Lipinski definition) is 8. The van der Waals surface area contributed by atoms with Gasteiger partial charge in [-0.3, -0.25) is 9.59 Å². The fraction of sp³-hybridized carbons (Fsp3) is 0.300. The van der Waals surface area contributed by atoms with Gasteiger partial charge in [0.2, 0.25) is 0 Å². The van der Waals surface area contributed by atoms with Crippen LogP contribution in [0.15, 0.2) is 12.2 Å². The molecule has 0 spiro atoms. The highest BCUT2D eigenvalue weighted by molar-refractivity contribution is 5.89. The van der Waals surface area contributed by atoms with Crippen LogP contribution >= 0.6 is 0 Å². The highest BCUT2D eigenvalue weighted by atomic mass is 16.4. The van der Waals surface area contributed by atoms with Crippen LogP contribution in [0.2, 0.25) is 0 Å². The molecule has 0 heterocycles. The monoisotopic (exact) mass is 342 g/mol. The summed E-state index contributed by atoms with van der Waals surface area (Å²) in [6, 6.07) is 0. The van der Waals surface area contributed by atoms with Gasteiger partial charge >= 0.3 is 29.8 Å². The van der Waals surface area contributed by atoms with Gasteiger partial charge in [-0.25, -0.2) is 14.4 Å². The van der Waals surface area contributed by atoms with Crippen LogP contribution in [0, 0.1) is 0 Å². The lowest BCUT2D eigenvalue weighted by molar-refractivity contribution is -0.170. The van der Waals surface area contributed by atoms with Crippen LogP contribution in [0.4, 0.5) is 0 Å². The highest BCUT2D eigenvalue weighted by Crippen LogP contribution is 2.15. The molecule has 0 saturated carbocycles. The van der Waals surface area contributed by atoms with Crippen molar-refractivity contribution in [2.24, 2.45) is 0 Å². The molecule has 13 nitrogen and oxygen atoms in total. The summed E-state index contributed by atoms with van der Waals surface area (Å²) < 4.78 is 0. The van der Waals surface area contributed by atoms with E-state index in [9.17, 15) is 24.0 Å². The molecule has 0 aliphatic heterocycles. The van der Waals surface area contributed by atoms with Crippen molar-refractivity contribution in [1.82, 2.24) is 12.3 Å². The summed E-state index contributed by atoms with van der Waals surface area (Å²) in [6.45, 7) is 0. The van der Waals surface area contributed by atoms with Gasteiger partial charge < -0.3 is 42.9 Å². The van der Waals surface area contributed by atoms with Gasteiger partial charge in [-0.15, -0.1) is 0 Å². The van der Waals surface area contributed by atoms with Crippen molar-refractivity contribution in [2.75, 3.05) is 0 Å². The maximum atomic E-state index is 10.3. The number of carboxylic acids is 5. The Morgan fingerprint density at radius 2 is 0.957 bits per heavy atom. The number of rotatable bonds is 7. The van der Waals surface area contributed by atoms with Crippen LogP contribution in [0.25, 0.3) is 0 Å². The summed E-state index contributed by atoms with van der Waals surface area (Å²) in [6.07, 6.45) is -1.17. The summed E-state index contributed by atoms with van der Waals surface area (Å²) in [5, 5.41) is 49.4. The Kier molecular flexibility index (Phi) is 15.5. The first kappa shape index (κ1) is 28.2. The van der Waals surface area contributed by atoms with E-state index in [0.29, 0.717) is 12.2 Å². The van der Waals surface area contributed by atoms with Crippen molar-refractivity contribution < 1.29 is 54.6 Å². The van der Waals surface area contributed by atoms with Crippen molar-refractivity contribution in [3.05, 3.63) is 12.2 Å². The molecule has 0 aromatic rings. The molecule has 0 saturated heterocycles. The second kappa shape index (κ2) is 12.7. The minimum Gasteiger partial charge on any atom is -0.481 e. The van der Waals surface area contributed by atoms with Crippen LogP contribution in [-0.2, 0) is 24.0 Å². The molecule has 13 heteroatoms. The molecular formula is C10H18N2O11. The third kappa shape index (κ3) is 16.9. The zero-order chi connectivity index (χ0) is 17.2. The summed E-state index contributed by atoms with van der Waals surface area (Å²) in [5.74, 6) is -7.53. The van der Waals surface area contributed by atoms with Crippen LogP contribution in [0.1, 0.15) is 12.8 Å². The average Bonchev–Trinajstić information content (AvgIpc) is 2.24. The Hall–Kier alpha value is -3.03. The Morgan fingerprint density at radius 1 is 0.696 bits per heavy atom. The van der Waals surface area contributed by atoms with E-state index in [1.54, 1.807) is 0 Å². The van der Waals surface area contributed by atoms with Gasteiger partial charge in [0.1, 0.15) is 0 Å². The number of carbonyl (C=O) groups is 5. The lowest BCUT2D eigenvalue weighted by Gasteiger charge is -2.18. The molecule has 0 rings (SSSR count). The van der Waals surface area contributed by atoms with Crippen molar-refractivity contribution in [3.63, 3.8) is 0 Å². The van der Waals surface area contributed by atoms with Crippen LogP contribution < -0.4 is 12.3 Å². The zero-order valence-electron chi connectivity index (χ0n) is 11.7. The van der Waals surface area contributed by atoms with E-state index in [0.717, 1.165) is 0 Å². The molecule has 12 N–H and O–H groups in total. The topological polar surface area (TPSA) is 277 Å². The SMILES string of the molecule is N.N.O=C(O)/C=C/C(=O)O.O=C(O)CC(O)(CC(=O)O)C(=O)O. The summed E-state index contributed by atoms with van der Waals surface area (Å²) in [5.41, 5.74) is -2.74. The Labute approximate surface area is 128 Å². The molecule has 0 aliphatic rings. The van der Waals surface area contributed by atoms with E-state index in [1.165, 1.54) is 0 Å². The summed E-state index contributed by atoms with van der Waals surface area (Å²) in [4.78, 5) is 49.6. The van der Waals surface area contributed by atoms with Gasteiger partial charge in [0.15, 0.2) is 5.60 Å². The summed E-state index contributed by atoms with van der Waals surface area (Å²) in [7, 11) is 0. The first-order chi connectivity index (χ1) is 9.40. The lowest BCUT2D eigenvalue weighted by Crippen LogP contribution is -2.42. The minimum absolute atomic E-state index is 0. The lowest BCUT2D eigenvalue weighted by atomic mass is 9.96. The molecule has 0 fully saturated rings. The van der Waals surface area contributed by atoms with E-state index < -0.39 is 48.3 Å². The van der Waals surface area contributed by atoms with Crippen molar-refractivity contribution in [3.8, 4) is 0 Å². The molecule has 0 unspecified atom stereocenters. The maximum Gasteiger partial charge on any atom is 0.336 e. The van der Waals surface area contributed by atoms with Gasteiger partial charge in [-0.2, -0.15) is 0 Å². The van der Waals surface area contributed by atoms with Crippen molar-refractivity contribution in [1.29, 1.82) is 0 Å². The molecule has 0 bridgehead atoms. The molecule has 0 amide bonds. The van der Waals surface area contributed by atoms with Gasteiger partial charge in [-0.05, 0) is 0 Å². The first-order valence-corrected chi connectivity index (χ1v) is 4.94. The van der Waals surface area contributed by atoms with E-state index in [2.05, 4.69) is 0 Å². The van der Waals surface area contributed by atoms with Gasteiger partial charge in [0, 0.05) is 12.2 Å². The minimum atomic E-state index is -2.74. The largest absolute Gasteiger partial charge is 0.481 e. The smallest absolute Gasteiger partial charge is 0.336 e. The normalized spacial score (nSPS) is 9.43. The van der Waals surface area contributed by atoms with Crippen molar-refractivity contribution in [2.45, 2.75) is 18.4 Å². The Bertz CT molecular complexity index is 439. The number of aliphatic hydroxyl groups is 1. The van der Waals surface area contributed by atoms with E-state index in [1.807, 2.05) is 0 Å². The zero-order valence-corrected chi connectivity index (χ0v) is 11.7. The van der Waals surface area contributed by atoms with Crippen LogP contribution in [-0.4, -0.2) is 66.1 Å². The first-order valence-electron chi connectivity index (χ1n) is 4.94. The predicted octanol–water partition coefficient (Wildman–Crippen LogP) is -1.21. The molecule has 0 atom stereocenters. The van der Waals surface area contributed by atoms with Crippen LogP contribution in [0.5, 0.6) is 0 Å². The highest BCUT2D eigenvalue weighted by Gasteiger charge is 2.40. The van der Waals surface area contributed by atoms with Gasteiger partial charge in [0.05, 0.1) is 12.8 Å². The molecule has 0 radical (unpaired) electrons. The summed E-state index contributed by atoms with van der Waals surface area (Å²) >= 11 is 0. The Balaban J connectivity index is -0.000000158. The van der Waals surface area contributed by atoms with E-state index in [4.69, 9.17) is 30.6 Å². The molecule has 0 aromatic heterocycles. The standard InChI is InChI=1S/C6H8O7.C4H4O4.2H3N/c7-3(8)1-6(13,5(11)12)2-4(9)10;5-3(6)1-2-4(7)8;;/h13H,1-2H2,(H,7,8)(H,9,10)(H,11,12);1-2H,(H,5,6)(H,7,8);2*1H3/b;2-1+;;. The van der Waals surface area contributed by atoms with Crippen molar-refractivity contribution >= 4 is 29.8 Å². The quantitative estimate of drug-likeness (QED) is 0.252. The Morgan fingerprint density at radius 3 is 1.09 bits per heavy atom. The second-order valence-corrected chi connectivity index (χ2v) is 3.49. The second-order valence-electron chi connectivity index (χ2n) is 3.49. The number of aliphatic carboxylic acids is 5. The molecular weight excluding hydrogens is 324 g/mol. The third-order valence-electron chi connectivity index (χ3n) is 1.65. The average molecular weight is 342 g/mol. The molecule has 0 aliphatic carbocycles. The fourth-order valence-corrected chi connectivity index (χ4v) is 0.857. The molecule has 23 heavy (non-hydrogen) atoms. The van der Waals surface area contributed by atoms with E-state index in [-0.39, 0.29) is 12.3 Å². The predicted molar refractivity (Wildman–Crippen MR) is 71.5 cm³/mol. The third-order valence-corrected chi connectivity index (χ3v) is 1.65. The number of carboxylic acid groups (broad SMARTS) is 5. The van der Waals surface area contributed by atoms with Gasteiger partial charge in [-0.1, -0.05) is 0 Å². The maximum absolute atomic E-state index is 10.3.